The van der Waals surface area contributed by atoms with E-state index in [0.717, 1.165) is 5.75 Å². The van der Waals surface area contributed by atoms with Gasteiger partial charge in [0.1, 0.15) is 23.9 Å². The lowest BCUT2D eigenvalue weighted by atomic mass is 10.3. The third-order valence-corrected chi connectivity index (χ3v) is 3.77. The number of nitrogens with one attached hydrogen (secondary N) is 1. The number of hydrogen-bond donors (Lipinski definition) is 1. The predicted molar refractivity (Wildman–Crippen MR) is 97.6 cm³/mol. The molecule has 2 rings (SSSR count). The molecule has 0 saturated carbocycles. The van der Waals surface area contributed by atoms with E-state index in [0.29, 0.717) is 23.1 Å². The van der Waals surface area contributed by atoms with E-state index in [1.807, 2.05) is 31.2 Å². The highest BCUT2D eigenvalue weighted by Gasteiger charge is 2.18. The van der Waals surface area contributed by atoms with E-state index in [1.165, 1.54) is 0 Å². The fraction of sp³-hybridized carbons (Fsp3) is 0.316. The number of carbonyl (C=O) groups is 1. The van der Waals surface area contributed by atoms with Gasteiger partial charge in [-0.25, -0.2) is 0 Å². The maximum atomic E-state index is 12.2. The van der Waals surface area contributed by atoms with Crippen LogP contribution in [0.5, 0.6) is 17.2 Å². The standard InChI is InChI=1S/C19H22ClNO4/c1-13(12-24-16-10-8-15(23-3)9-11-16)21-19(22)14(2)25-18-7-5-4-6-17(18)20/h4-11,13-14H,12H2,1-3H3,(H,21,22)/t13-,14-/m0/s1. The molecular formula is C19H22ClNO4. The molecule has 2 aromatic carbocycles. The summed E-state index contributed by atoms with van der Waals surface area (Å²) in [6, 6.07) is 14.1. The normalized spacial score (nSPS) is 12.8. The number of para-hydroxylation sites is 1. The number of rotatable bonds is 8. The van der Waals surface area contributed by atoms with Crippen molar-refractivity contribution in [1.29, 1.82) is 0 Å². The van der Waals surface area contributed by atoms with E-state index >= 15 is 0 Å². The molecule has 0 radical (unpaired) electrons. The molecule has 1 amide bonds. The Morgan fingerprint density at radius 3 is 2.36 bits per heavy atom. The topological polar surface area (TPSA) is 56.8 Å². The zero-order valence-electron chi connectivity index (χ0n) is 14.5. The smallest absolute Gasteiger partial charge is 0.261 e. The van der Waals surface area contributed by atoms with Crippen LogP contribution >= 0.6 is 11.6 Å². The summed E-state index contributed by atoms with van der Waals surface area (Å²) < 4.78 is 16.3. The summed E-state index contributed by atoms with van der Waals surface area (Å²) in [6.45, 7) is 3.89. The van der Waals surface area contributed by atoms with Crippen molar-refractivity contribution in [2.45, 2.75) is 26.0 Å². The molecule has 0 aliphatic rings. The Balaban J connectivity index is 1.79. The summed E-state index contributed by atoms with van der Waals surface area (Å²) in [6.07, 6.45) is -0.664. The molecular weight excluding hydrogens is 342 g/mol. The van der Waals surface area contributed by atoms with E-state index in [-0.39, 0.29) is 11.9 Å². The van der Waals surface area contributed by atoms with Crippen LogP contribution in [0.15, 0.2) is 48.5 Å². The Morgan fingerprint density at radius 1 is 1.08 bits per heavy atom. The van der Waals surface area contributed by atoms with Crippen molar-refractivity contribution in [3.63, 3.8) is 0 Å². The van der Waals surface area contributed by atoms with Gasteiger partial charge in [0.25, 0.3) is 5.91 Å². The fourth-order valence-electron chi connectivity index (χ4n) is 2.08. The summed E-state index contributed by atoms with van der Waals surface area (Å²) >= 11 is 6.03. The van der Waals surface area contributed by atoms with Gasteiger partial charge in [-0.1, -0.05) is 23.7 Å². The van der Waals surface area contributed by atoms with Crippen LogP contribution in [0, 0.1) is 0 Å². The monoisotopic (exact) mass is 363 g/mol. The SMILES string of the molecule is COc1ccc(OC[C@H](C)NC(=O)[C@H](C)Oc2ccccc2Cl)cc1. The van der Waals surface area contributed by atoms with Gasteiger partial charge in [0, 0.05) is 0 Å². The van der Waals surface area contributed by atoms with Crippen LogP contribution in [-0.2, 0) is 4.79 Å². The molecule has 0 bridgehead atoms. The Kier molecular flexibility index (Phi) is 6.95. The zero-order chi connectivity index (χ0) is 18.2. The molecule has 0 saturated heterocycles. The molecule has 0 unspecified atom stereocenters. The first-order chi connectivity index (χ1) is 12.0. The molecule has 6 heteroatoms. The zero-order valence-corrected chi connectivity index (χ0v) is 15.2. The lowest BCUT2D eigenvalue weighted by molar-refractivity contribution is -0.128. The van der Waals surface area contributed by atoms with Gasteiger partial charge in [0.2, 0.25) is 0 Å². The molecule has 5 nitrogen and oxygen atoms in total. The minimum atomic E-state index is -0.664. The summed E-state index contributed by atoms with van der Waals surface area (Å²) in [4.78, 5) is 12.2. The highest BCUT2D eigenvalue weighted by Crippen LogP contribution is 2.24. The fourth-order valence-corrected chi connectivity index (χ4v) is 2.26. The molecule has 2 aromatic rings. The molecule has 0 fully saturated rings. The van der Waals surface area contributed by atoms with Crippen LogP contribution in [0.1, 0.15) is 13.8 Å². The maximum absolute atomic E-state index is 12.2. The number of hydrogen-bond acceptors (Lipinski definition) is 4. The molecule has 25 heavy (non-hydrogen) atoms. The first-order valence-electron chi connectivity index (χ1n) is 7.98. The molecule has 0 aliphatic heterocycles. The predicted octanol–water partition coefficient (Wildman–Crippen LogP) is 3.70. The minimum Gasteiger partial charge on any atom is -0.497 e. The molecule has 0 spiro atoms. The highest BCUT2D eigenvalue weighted by atomic mass is 35.5. The molecule has 134 valence electrons. The second kappa shape index (κ2) is 9.18. The first kappa shape index (κ1) is 18.9. The third-order valence-electron chi connectivity index (χ3n) is 3.46. The largest absolute Gasteiger partial charge is 0.497 e. The van der Waals surface area contributed by atoms with Gasteiger partial charge in [-0.2, -0.15) is 0 Å². The Bertz CT molecular complexity index is 690. The molecule has 0 heterocycles. The Labute approximate surface area is 152 Å². The lowest BCUT2D eigenvalue weighted by Crippen LogP contribution is -2.43. The van der Waals surface area contributed by atoms with E-state index in [1.54, 1.807) is 38.3 Å². The van der Waals surface area contributed by atoms with Crippen molar-refractivity contribution in [2.24, 2.45) is 0 Å². The van der Waals surface area contributed by atoms with Crippen molar-refractivity contribution in [3.05, 3.63) is 53.6 Å². The Morgan fingerprint density at radius 2 is 1.72 bits per heavy atom. The average molecular weight is 364 g/mol. The first-order valence-corrected chi connectivity index (χ1v) is 8.36. The van der Waals surface area contributed by atoms with Crippen molar-refractivity contribution < 1.29 is 19.0 Å². The average Bonchev–Trinajstić information content (AvgIpc) is 2.62. The van der Waals surface area contributed by atoms with Crippen LogP contribution < -0.4 is 19.5 Å². The lowest BCUT2D eigenvalue weighted by Gasteiger charge is -2.19. The van der Waals surface area contributed by atoms with Crippen LogP contribution in [0.3, 0.4) is 0 Å². The summed E-state index contributed by atoms with van der Waals surface area (Å²) in [7, 11) is 1.61. The number of ether oxygens (including phenoxy) is 3. The van der Waals surface area contributed by atoms with Crippen LogP contribution in [0.2, 0.25) is 5.02 Å². The van der Waals surface area contributed by atoms with Crippen molar-refractivity contribution >= 4 is 17.5 Å². The number of halogens is 1. The van der Waals surface area contributed by atoms with Crippen LogP contribution in [-0.4, -0.2) is 31.8 Å². The van der Waals surface area contributed by atoms with E-state index in [9.17, 15) is 4.79 Å². The number of carbonyl (C=O) groups excluding carboxylic acids is 1. The quantitative estimate of drug-likeness (QED) is 0.777. The van der Waals surface area contributed by atoms with Crippen molar-refractivity contribution in [2.75, 3.05) is 13.7 Å². The summed E-state index contributed by atoms with van der Waals surface area (Å²) in [5.74, 6) is 1.72. The van der Waals surface area contributed by atoms with Crippen molar-refractivity contribution in [1.82, 2.24) is 5.32 Å². The van der Waals surface area contributed by atoms with Crippen molar-refractivity contribution in [3.8, 4) is 17.2 Å². The van der Waals surface area contributed by atoms with Gasteiger partial charge < -0.3 is 19.5 Å². The van der Waals surface area contributed by atoms with Gasteiger partial charge in [-0.05, 0) is 50.2 Å². The van der Waals surface area contributed by atoms with Gasteiger partial charge in [0.15, 0.2) is 6.10 Å². The van der Waals surface area contributed by atoms with Crippen LogP contribution in [0.25, 0.3) is 0 Å². The molecule has 0 aliphatic carbocycles. The van der Waals surface area contributed by atoms with E-state index < -0.39 is 6.10 Å². The number of methoxy groups -OCH3 is 1. The van der Waals surface area contributed by atoms with Gasteiger partial charge in [-0.3, -0.25) is 4.79 Å². The van der Waals surface area contributed by atoms with Gasteiger partial charge >= 0.3 is 0 Å². The van der Waals surface area contributed by atoms with Gasteiger partial charge in [-0.15, -0.1) is 0 Å². The minimum absolute atomic E-state index is 0.174. The molecule has 0 aromatic heterocycles. The summed E-state index contributed by atoms with van der Waals surface area (Å²) in [5.41, 5.74) is 0. The van der Waals surface area contributed by atoms with Crippen LogP contribution in [0.4, 0.5) is 0 Å². The Hall–Kier alpha value is -2.40. The number of amides is 1. The second-order valence-corrected chi connectivity index (χ2v) is 5.99. The highest BCUT2D eigenvalue weighted by molar-refractivity contribution is 6.32. The maximum Gasteiger partial charge on any atom is 0.261 e. The van der Waals surface area contributed by atoms with E-state index in [2.05, 4.69) is 5.32 Å². The van der Waals surface area contributed by atoms with Gasteiger partial charge in [0.05, 0.1) is 18.2 Å². The van der Waals surface area contributed by atoms with E-state index in [4.69, 9.17) is 25.8 Å². The number of benzene rings is 2. The third kappa shape index (κ3) is 5.87. The molecule has 1 N–H and O–H groups in total. The second-order valence-electron chi connectivity index (χ2n) is 5.59. The summed E-state index contributed by atoms with van der Waals surface area (Å²) in [5, 5.41) is 3.33. The molecule has 2 atom stereocenters.